The fraction of sp³-hybridized carbons (Fsp3) is 0.300. The Hall–Kier alpha value is -1.40. The maximum absolute atomic E-state index is 13.9. The van der Waals surface area contributed by atoms with Gasteiger partial charge in [-0.25, -0.2) is 19.3 Å². The molecule has 2 heterocycles. The summed E-state index contributed by atoms with van der Waals surface area (Å²) in [7, 11) is 0. The summed E-state index contributed by atoms with van der Waals surface area (Å²) in [5, 5.41) is 0.889. The van der Waals surface area contributed by atoms with Crippen molar-refractivity contribution in [1.29, 1.82) is 0 Å². The molecule has 0 saturated carbocycles. The van der Waals surface area contributed by atoms with Crippen molar-refractivity contribution in [1.82, 2.24) is 15.0 Å². The van der Waals surface area contributed by atoms with Crippen molar-refractivity contribution in [2.45, 2.75) is 20.4 Å². The average molecular weight is 238 g/mol. The van der Waals surface area contributed by atoms with E-state index in [9.17, 15) is 4.39 Å². The summed E-state index contributed by atoms with van der Waals surface area (Å²) in [5.74, 6) is -0.447. The van der Waals surface area contributed by atoms with E-state index < -0.39 is 5.82 Å². The van der Waals surface area contributed by atoms with Crippen LogP contribution in [0.15, 0.2) is 6.33 Å². The highest BCUT2D eigenvalue weighted by Gasteiger charge is 2.16. The predicted octanol–water partition coefficient (Wildman–Crippen LogP) is 1.81. The third-order valence-corrected chi connectivity index (χ3v) is 3.25. The molecule has 0 atom stereocenters. The molecule has 2 rings (SSSR count). The number of hydrogen-bond acceptors (Lipinski definition) is 5. The Morgan fingerprint density at radius 2 is 2.12 bits per heavy atom. The first-order valence-electron chi connectivity index (χ1n) is 4.77. The second-order valence-corrected chi connectivity index (χ2v) is 4.54. The van der Waals surface area contributed by atoms with Crippen molar-refractivity contribution in [3.63, 3.8) is 0 Å². The highest BCUT2D eigenvalue weighted by Crippen LogP contribution is 2.30. The van der Waals surface area contributed by atoms with Gasteiger partial charge in [0.1, 0.15) is 12.0 Å². The lowest BCUT2D eigenvalue weighted by atomic mass is 10.2. The van der Waals surface area contributed by atoms with Crippen LogP contribution >= 0.6 is 11.3 Å². The second-order valence-electron chi connectivity index (χ2n) is 3.33. The summed E-state index contributed by atoms with van der Waals surface area (Å²) >= 11 is 1.42. The maximum Gasteiger partial charge on any atom is 0.173 e. The fourth-order valence-corrected chi connectivity index (χ4v) is 2.37. The highest BCUT2D eigenvalue weighted by molar-refractivity contribution is 7.15. The van der Waals surface area contributed by atoms with Gasteiger partial charge in [-0.05, 0) is 13.8 Å². The lowest BCUT2D eigenvalue weighted by molar-refractivity contribution is 0.596. The van der Waals surface area contributed by atoms with Crippen LogP contribution in [0.1, 0.15) is 16.4 Å². The van der Waals surface area contributed by atoms with Gasteiger partial charge in [0.2, 0.25) is 0 Å². The number of rotatable bonds is 2. The van der Waals surface area contributed by atoms with Gasteiger partial charge in [-0.3, -0.25) is 0 Å². The summed E-state index contributed by atoms with van der Waals surface area (Å²) in [6.07, 6.45) is 1.33. The molecule has 84 valence electrons. The van der Waals surface area contributed by atoms with Crippen molar-refractivity contribution in [2.24, 2.45) is 5.73 Å². The van der Waals surface area contributed by atoms with Gasteiger partial charge < -0.3 is 5.73 Å². The van der Waals surface area contributed by atoms with Crippen LogP contribution in [0.4, 0.5) is 4.39 Å². The molecule has 0 fully saturated rings. The molecule has 0 aliphatic rings. The van der Waals surface area contributed by atoms with Crippen LogP contribution in [0.2, 0.25) is 0 Å². The van der Waals surface area contributed by atoms with E-state index >= 15 is 0 Å². The molecule has 0 unspecified atom stereocenters. The van der Waals surface area contributed by atoms with E-state index in [2.05, 4.69) is 15.0 Å². The summed E-state index contributed by atoms with van der Waals surface area (Å²) in [6.45, 7) is 3.78. The molecule has 2 aromatic heterocycles. The molecule has 6 heteroatoms. The zero-order chi connectivity index (χ0) is 11.7. The molecular weight excluding hydrogens is 227 g/mol. The van der Waals surface area contributed by atoms with Crippen molar-refractivity contribution in [3.8, 4) is 10.6 Å². The smallest absolute Gasteiger partial charge is 0.173 e. The fourth-order valence-electron chi connectivity index (χ4n) is 1.46. The van der Waals surface area contributed by atoms with Crippen molar-refractivity contribution >= 4 is 11.3 Å². The molecule has 0 aromatic carbocycles. The van der Waals surface area contributed by atoms with Crippen LogP contribution in [-0.2, 0) is 6.54 Å². The lowest BCUT2D eigenvalue weighted by Gasteiger charge is -2.03. The summed E-state index contributed by atoms with van der Waals surface area (Å²) in [6, 6.07) is 0. The Morgan fingerprint density at radius 1 is 1.38 bits per heavy atom. The number of aryl methyl sites for hydroxylation is 2. The normalized spacial score (nSPS) is 10.8. The third kappa shape index (κ3) is 1.81. The molecule has 0 spiro atoms. The molecule has 0 radical (unpaired) electrons. The molecule has 2 N–H and O–H groups in total. The second kappa shape index (κ2) is 4.23. The molecule has 2 aromatic rings. The van der Waals surface area contributed by atoms with Crippen LogP contribution in [-0.4, -0.2) is 15.0 Å². The van der Waals surface area contributed by atoms with Crippen LogP contribution in [0.5, 0.6) is 0 Å². The molecule has 0 saturated heterocycles. The average Bonchev–Trinajstić information content (AvgIpc) is 2.58. The van der Waals surface area contributed by atoms with Gasteiger partial charge in [-0.15, -0.1) is 11.3 Å². The summed E-state index contributed by atoms with van der Waals surface area (Å²) in [5.41, 5.74) is 6.70. The van der Waals surface area contributed by atoms with E-state index in [4.69, 9.17) is 5.73 Å². The number of aromatic nitrogens is 3. The van der Waals surface area contributed by atoms with Gasteiger partial charge in [-0.1, -0.05) is 0 Å². The number of halogens is 1. The van der Waals surface area contributed by atoms with Crippen molar-refractivity contribution < 1.29 is 4.39 Å². The van der Waals surface area contributed by atoms with Crippen LogP contribution in [0.3, 0.4) is 0 Å². The van der Waals surface area contributed by atoms with E-state index in [1.807, 2.05) is 13.8 Å². The van der Waals surface area contributed by atoms with Crippen LogP contribution in [0, 0.1) is 19.7 Å². The van der Waals surface area contributed by atoms with E-state index in [-0.39, 0.29) is 12.2 Å². The number of nitrogens with zero attached hydrogens (tertiary/aromatic N) is 3. The molecule has 16 heavy (non-hydrogen) atoms. The minimum Gasteiger partial charge on any atom is -0.325 e. The Bertz CT molecular complexity index is 524. The topological polar surface area (TPSA) is 64.7 Å². The first-order valence-corrected chi connectivity index (χ1v) is 5.59. The van der Waals surface area contributed by atoms with Gasteiger partial charge >= 0.3 is 0 Å². The van der Waals surface area contributed by atoms with Crippen molar-refractivity contribution in [2.75, 3.05) is 0 Å². The largest absolute Gasteiger partial charge is 0.325 e. The zero-order valence-electron chi connectivity index (χ0n) is 8.99. The minimum absolute atomic E-state index is 0.0676. The zero-order valence-corrected chi connectivity index (χ0v) is 9.81. The standard InChI is InChI=1S/C10H11FN4S/c1-5-10(16-6(2)15-5)9-8(11)7(3-12)13-4-14-9/h4H,3,12H2,1-2H3. The van der Waals surface area contributed by atoms with Gasteiger partial charge in [-0.2, -0.15) is 0 Å². The van der Waals surface area contributed by atoms with Gasteiger partial charge in [0.25, 0.3) is 0 Å². The molecule has 4 nitrogen and oxygen atoms in total. The van der Waals surface area contributed by atoms with E-state index in [1.54, 1.807) is 0 Å². The van der Waals surface area contributed by atoms with Crippen LogP contribution in [0.25, 0.3) is 10.6 Å². The Morgan fingerprint density at radius 3 is 2.69 bits per heavy atom. The third-order valence-electron chi connectivity index (χ3n) is 2.17. The van der Waals surface area contributed by atoms with E-state index in [0.717, 1.165) is 15.6 Å². The molecule has 0 aliphatic carbocycles. The lowest BCUT2D eigenvalue weighted by Crippen LogP contribution is -2.05. The molecule has 0 bridgehead atoms. The monoisotopic (exact) mass is 238 g/mol. The van der Waals surface area contributed by atoms with Crippen LogP contribution < -0.4 is 5.73 Å². The Labute approximate surface area is 96.4 Å². The van der Waals surface area contributed by atoms with Crippen molar-refractivity contribution in [3.05, 3.63) is 28.5 Å². The Kier molecular flexibility index (Phi) is 2.93. The van der Waals surface area contributed by atoms with Gasteiger partial charge in [0.15, 0.2) is 5.82 Å². The van der Waals surface area contributed by atoms with E-state index in [1.165, 1.54) is 17.7 Å². The first kappa shape index (κ1) is 11.1. The highest BCUT2D eigenvalue weighted by atomic mass is 32.1. The Balaban J connectivity index is 2.60. The first-order chi connectivity index (χ1) is 7.63. The molecule has 0 aliphatic heterocycles. The summed E-state index contributed by atoms with van der Waals surface area (Å²) in [4.78, 5) is 12.7. The van der Waals surface area contributed by atoms with Gasteiger partial charge in [0.05, 0.1) is 21.3 Å². The number of thiazole rings is 1. The predicted molar refractivity (Wildman–Crippen MR) is 60.5 cm³/mol. The SMILES string of the molecule is Cc1nc(C)c(-c2ncnc(CN)c2F)s1. The number of hydrogen-bond donors (Lipinski definition) is 1. The van der Waals surface area contributed by atoms with Gasteiger partial charge in [0, 0.05) is 6.54 Å². The van der Waals surface area contributed by atoms with E-state index in [0.29, 0.717) is 5.69 Å². The summed E-state index contributed by atoms with van der Waals surface area (Å²) < 4.78 is 13.9. The molecular formula is C10H11FN4S. The number of nitrogens with two attached hydrogens (primary N) is 1. The molecule has 0 amide bonds. The quantitative estimate of drug-likeness (QED) is 0.866. The maximum atomic E-state index is 13.9. The minimum atomic E-state index is -0.447.